The van der Waals surface area contributed by atoms with Crippen molar-refractivity contribution in [2.45, 2.75) is 26.3 Å². The summed E-state index contributed by atoms with van der Waals surface area (Å²) in [6.07, 6.45) is 2.43. The Kier molecular flexibility index (Phi) is 6.78. The first-order valence-electron chi connectivity index (χ1n) is 6.29. The van der Waals surface area contributed by atoms with E-state index in [1.54, 1.807) is 0 Å². The molecule has 3 heteroatoms. The third kappa shape index (κ3) is 5.19. The zero-order valence-corrected chi connectivity index (χ0v) is 12.4. The topological polar surface area (TPSA) is 29.3 Å². The van der Waals surface area contributed by atoms with Crippen LogP contribution in [0, 0.1) is 5.92 Å². The van der Waals surface area contributed by atoms with Crippen LogP contribution in [0.2, 0.25) is 0 Å². The summed E-state index contributed by atoms with van der Waals surface area (Å²) < 4.78 is 1.19. The van der Waals surface area contributed by atoms with Gasteiger partial charge in [-0.25, -0.2) is 0 Å². The second kappa shape index (κ2) is 7.85. The van der Waals surface area contributed by atoms with Gasteiger partial charge in [0, 0.05) is 17.6 Å². The first-order chi connectivity index (χ1) is 8.17. The Hall–Kier alpha value is -0.380. The normalized spacial score (nSPS) is 13.0. The van der Waals surface area contributed by atoms with Crippen LogP contribution in [0.4, 0.5) is 0 Å². The lowest BCUT2D eigenvalue weighted by Gasteiger charge is -2.23. The Bertz CT molecular complexity index is 328. The van der Waals surface area contributed by atoms with Crippen molar-refractivity contribution in [1.82, 2.24) is 4.90 Å². The van der Waals surface area contributed by atoms with E-state index in [2.05, 4.69) is 53.0 Å². The van der Waals surface area contributed by atoms with Gasteiger partial charge in [0.05, 0.1) is 0 Å². The Labute approximate surface area is 113 Å². The van der Waals surface area contributed by atoms with Gasteiger partial charge < -0.3 is 10.6 Å². The molecule has 1 atom stereocenters. The van der Waals surface area contributed by atoms with E-state index < -0.39 is 0 Å². The van der Waals surface area contributed by atoms with Gasteiger partial charge in [-0.05, 0) is 37.6 Å². The number of nitrogens with two attached hydrogens (primary N) is 1. The Balaban J connectivity index is 2.49. The fourth-order valence-corrected chi connectivity index (χ4v) is 2.52. The fraction of sp³-hybridized carbons (Fsp3) is 0.571. The highest BCUT2D eigenvalue weighted by atomic mass is 79.9. The van der Waals surface area contributed by atoms with Gasteiger partial charge in [0.1, 0.15) is 0 Å². The summed E-state index contributed by atoms with van der Waals surface area (Å²) in [6, 6.07) is 8.39. The molecule has 0 radical (unpaired) electrons. The molecule has 2 N–H and O–H groups in total. The lowest BCUT2D eigenvalue weighted by molar-refractivity contribution is 0.262. The van der Waals surface area contributed by atoms with Crippen LogP contribution in [-0.4, -0.2) is 25.0 Å². The van der Waals surface area contributed by atoms with Crippen LogP contribution < -0.4 is 5.73 Å². The fourth-order valence-electron chi connectivity index (χ4n) is 2.11. The standard InChI is InChI=1S/C14H23BrN2/c1-3-6-12(9-16)10-17(2)11-13-7-4-5-8-14(13)15/h4-5,7-8,12H,3,6,9-11,16H2,1-2H3. The van der Waals surface area contributed by atoms with Crippen molar-refractivity contribution in [2.75, 3.05) is 20.1 Å². The Morgan fingerprint density at radius 1 is 1.35 bits per heavy atom. The van der Waals surface area contributed by atoms with E-state index in [1.165, 1.54) is 22.9 Å². The molecule has 0 bridgehead atoms. The maximum atomic E-state index is 5.79. The van der Waals surface area contributed by atoms with E-state index in [0.717, 1.165) is 19.6 Å². The maximum Gasteiger partial charge on any atom is 0.0242 e. The van der Waals surface area contributed by atoms with E-state index in [-0.39, 0.29) is 0 Å². The third-order valence-electron chi connectivity index (χ3n) is 3.00. The van der Waals surface area contributed by atoms with Crippen molar-refractivity contribution in [3.05, 3.63) is 34.3 Å². The molecular formula is C14H23BrN2. The molecule has 0 aromatic heterocycles. The molecule has 17 heavy (non-hydrogen) atoms. The number of halogens is 1. The number of hydrogen-bond acceptors (Lipinski definition) is 2. The number of nitrogens with zero attached hydrogens (tertiary/aromatic N) is 1. The first kappa shape index (κ1) is 14.7. The van der Waals surface area contributed by atoms with Crippen LogP contribution in [0.25, 0.3) is 0 Å². The van der Waals surface area contributed by atoms with Crippen LogP contribution in [0.15, 0.2) is 28.7 Å². The molecule has 0 aliphatic carbocycles. The van der Waals surface area contributed by atoms with Gasteiger partial charge in [0.2, 0.25) is 0 Å². The van der Waals surface area contributed by atoms with Gasteiger partial charge in [-0.3, -0.25) is 0 Å². The molecule has 0 saturated heterocycles. The molecule has 0 heterocycles. The Morgan fingerprint density at radius 3 is 2.65 bits per heavy atom. The molecule has 1 aromatic carbocycles. The van der Waals surface area contributed by atoms with Crippen LogP contribution >= 0.6 is 15.9 Å². The highest BCUT2D eigenvalue weighted by Gasteiger charge is 2.10. The maximum absolute atomic E-state index is 5.79. The summed E-state index contributed by atoms with van der Waals surface area (Å²) in [4.78, 5) is 2.35. The molecule has 0 amide bonds. The van der Waals surface area contributed by atoms with Crippen molar-refractivity contribution in [3.63, 3.8) is 0 Å². The van der Waals surface area contributed by atoms with Crippen LogP contribution in [0.5, 0.6) is 0 Å². The van der Waals surface area contributed by atoms with Gasteiger partial charge in [0.25, 0.3) is 0 Å². The van der Waals surface area contributed by atoms with Crippen molar-refractivity contribution in [3.8, 4) is 0 Å². The molecule has 1 rings (SSSR count). The summed E-state index contributed by atoms with van der Waals surface area (Å²) in [5.74, 6) is 0.618. The lowest BCUT2D eigenvalue weighted by atomic mass is 10.0. The minimum Gasteiger partial charge on any atom is -0.330 e. The molecule has 96 valence electrons. The molecule has 1 aromatic rings. The van der Waals surface area contributed by atoms with Gasteiger partial charge in [-0.15, -0.1) is 0 Å². The Morgan fingerprint density at radius 2 is 2.06 bits per heavy atom. The van der Waals surface area contributed by atoms with Crippen LogP contribution in [0.3, 0.4) is 0 Å². The number of benzene rings is 1. The largest absolute Gasteiger partial charge is 0.330 e. The molecule has 0 spiro atoms. The zero-order chi connectivity index (χ0) is 12.7. The van der Waals surface area contributed by atoms with E-state index in [9.17, 15) is 0 Å². The van der Waals surface area contributed by atoms with E-state index >= 15 is 0 Å². The minimum absolute atomic E-state index is 0.618. The average Bonchev–Trinajstić information content (AvgIpc) is 2.31. The van der Waals surface area contributed by atoms with Crippen molar-refractivity contribution >= 4 is 15.9 Å². The predicted molar refractivity (Wildman–Crippen MR) is 77.9 cm³/mol. The summed E-state index contributed by atoms with van der Waals surface area (Å²) in [6.45, 7) is 5.05. The monoisotopic (exact) mass is 298 g/mol. The highest BCUT2D eigenvalue weighted by molar-refractivity contribution is 9.10. The second-order valence-corrected chi connectivity index (χ2v) is 5.53. The number of hydrogen-bond donors (Lipinski definition) is 1. The smallest absolute Gasteiger partial charge is 0.0242 e. The van der Waals surface area contributed by atoms with Crippen molar-refractivity contribution < 1.29 is 0 Å². The zero-order valence-electron chi connectivity index (χ0n) is 10.8. The van der Waals surface area contributed by atoms with Gasteiger partial charge in [-0.1, -0.05) is 47.5 Å². The second-order valence-electron chi connectivity index (χ2n) is 4.68. The van der Waals surface area contributed by atoms with Gasteiger partial charge in [0.15, 0.2) is 0 Å². The molecule has 0 aliphatic heterocycles. The SMILES string of the molecule is CCCC(CN)CN(C)Cc1ccccc1Br. The van der Waals surface area contributed by atoms with E-state index in [1.807, 2.05) is 6.07 Å². The van der Waals surface area contributed by atoms with Crippen LogP contribution in [0.1, 0.15) is 25.3 Å². The van der Waals surface area contributed by atoms with Gasteiger partial charge >= 0.3 is 0 Å². The summed E-state index contributed by atoms with van der Waals surface area (Å²) in [7, 11) is 2.16. The minimum atomic E-state index is 0.618. The molecule has 2 nitrogen and oxygen atoms in total. The quantitative estimate of drug-likeness (QED) is 0.837. The average molecular weight is 299 g/mol. The summed E-state index contributed by atoms with van der Waals surface area (Å²) >= 11 is 3.59. The third-order valence-corrected chi connectivity index (χ3v) is 3.77. The molecular weight excluding hydrogens is 276 g/mol. The molecule has 0 fully saturated rings. The number of rotatable bonds is 7. The lowest BCUT2D eigenvalue weighted by Crippen LogP contribution is -2.29. The van der Waals surface area contributed by atoms with E-state index in [4.69, 9.17) is 5.73 Å². The van der Waals surface area contributed by atoms with Crippen molar-refractivity contribution in [2.24, 2.45) is 11.7 Å². The van der Waals surface area contributed by atoms with Crippen molar-refractivity contribution in [1.29, 1.82) is 0 Å². The van der Waals surface area contributed by atoms with E-state index in [0.29, 0.717) is 5.92 Å². The van der Waals surface area contributed by atoms with Gasteiger partial charge in [-0.2, -0.15) is 0 Å². The molecule has 0 aliphatic rings. The molecule has 0 saturated carbocycles. The summed E-state index contributed by atoms with van der Waals surface area (Å²) in [5.41, 5.74) is 7.13. The first-order valence-corrected chi connectivity index (χ1v) is 7.08. The molecule has 1 unspecified atom stereocenters. The predicted octanol–water partition coefficient (Wildman–Crippen LogP) is 3.26. The highest BCUT2D eigenvalue weighted by Crippen LogP contribution is 2.18. The summed E-state index contributed by atoms with van der Waals surface area (Å²) in [5, 5.41) is 0. The van der Waals surface area contributed by atoms with Crippen LogP contribution in [-0.2, 0) is 6.54 Å².